The van der Waals surface area contributed by atoms with Crippen molar-refractivity contribution in [3.05, 3.63) is 47.3 Å². The van der Waals surface area contributed by atoms with E-state index in [-0.39, 0.29) is 18.1 Å². The van der Waals surface area contributed by atoms with Gasteiger partial charge >= 0.3 is 0 Å². The van der Waals surface area contributed by atoms with Crippen molar-refractivity contribution >= 4 is 20.5 Å². The van der Waals surface area contributed by atoms with Crippen LogP contribution < -0.4 is 15.5 Å². The molecule has 1 heterocycles. The average Bonchev–Trinajstić information content (AvgIpc) is 2.49. The molecule has 0 spiro atoms. The zero-order chi connectivity index (χ0) is 15.4. The first kappa shape index (κ1) is 15.2. The summed E-state index contributed by atoms with van der Waals surface area (Å²) in [6, 6.07) is 7.46. The topological polar surface area (TPSA) is 91.7 Å². The Morgan fingerprint density at radius 2 is 2.05 bits per heavy atom. The second-order valence-corrected chi connectivity index (χ2v) is 5.07. The van der Waals surface area contributed by atoms with Crippen LogP contribution in [0.15, 0.2) is 30.5 Å². The maximum absolute atomic E-state index is 11.3. The van der Waals surface area contributed by atoms with E-state index in [1.165, 1.54) is 11.7 Å². The van der Waals surface area contributed by atoms with Crippen molar-refractivity contribution in [1.29, 1.82) is 0 Å². The van der Waals surface area contributed by atoms with Crippen LogP contribution in [0.2, 0.25) is 0 Å². The number of hydrogen-bond donors (Lipinski definition) is 3. The van der Waals surface area contributed by atoms with Gasteiger partial charge in [0.2, 0.25) is 0 Å². The van der Waals surface area contributed by atoms with E-state index in [2.05, 4.69) is 14.2 Å². The minimum Gasteiger partial charge on any atom is -0.505 e. The number of ether oxygens (including phenoxy) is 1. The smallest absolute Gasteiger partial charge is 0.297 e. The maximum atomic E-state index is 11.3. The van der Waals surface area contributed by atoms with Crippen molar-refractivity contribution in [2.45, 2.75) is 13.5 Å². The largest absolute Gasteiger partial charge is 0.505 e. The van der Waals surface area contributed by atoms with E-state index in [4.69, 9.17) is 9.94 Å². The third kappa shape index (κ3) is 3.48. The van der Waals surface area contributed by atoms with E-state index in [9.17, 15) is 9.90 Å². The number of nitrogens with zero attached hydrogens (tertiary/aromatic N) is 1. The van der Waals surface area contributed by atoms with Gasteiger partial charge in [0.1, 0.15) is 18.1 Å². The first-order chi connectivity index (χ1) is 10.0. The molecule has 0 fully saturated rings. The molecule has 0 aliphatic carbocycles. The summed E-state index contributed by atoms with van der Waals surface area (Å²) in [5.41, 5.74) is 2.33. The van der Waals surface area contributed by atoms with Gasteiger partial charge in [-0.25, -0.2) is 10.5 Å². The van der Waals surface area contributed by atoms with Gasteiger partial charge in [-0.3, -0.25) is 10.0 Å². The average molecular weight is 306 g/mol. The van der Waals surface area contributed by atoms with Gasteiger partial charge in [0.05, 0.1) is 0 Å². The van der Waals surface area contributed by atoms with Crippen LogP contribution in [0.4, 0.5) is 0 Å². The standard InChI is InChI=1S/C14H15N2O4P/c1-8-9(6-15-12(13(8)17)14(18)16-19)7-20-10-2-4-11(21)5-3-10/h2-6,17,19H,7,21H2,1H3,(H,16,18). The summed E-state index contributed by atoms with van der Waals surface area (Å²) < 4.78 is 5.60. The highest BCUT2D eigenvalue weighted by atomic mass is 31.0. The van der Waals surface area contributed by atoms with Gasteiger partial charge in [-0.15, -0.1) is 9.24 Å². The van der Waals surface area contributed by atoms with Crippen molar-refractivity contribution in [2.24, 2.45) is 0 Å². The van der Waals surface area contributed by atoms with E-state index in [1.807, 2.05) is 24.3 Å². The Morgan fingerprint density at radius 3 is 2.67 bits per heavy atom. The molecule has 21 heavy (non-hydrogen) atoms. The molecule has 3 N–H and O–H groups in total. The molecule has 1 unspecified atom stereocenters. The molecule has 0 aliphatic heterocycles. The molecule has 2 rings (SSSR count). The fourth-order valence-electron chi connectivity index (χ4n) is 1.72. The Kier molecular flexibility index (Phi) is 4.73. The molecular formula is C14H15N2O4P. The predicted octanol–water partition coefficient (Wildman–Crippen LogP) is 1.29. The van der Waals surface area contributed by atoms with Crippen LogP contribution in [0.1, 0.15) is 21.6 Å². The highest BCUT2D eigenvalue weighted by Crippen LogP contribution is 2.24. The normalized spacial score (nSPS) is 10.2. The van der Waals surface area contributed by atoms with Crippen LogP contribution in [-0.2, 0) is 6.61 Å². The number of amides is 1. The molecule has 2 aromatic rings. The summed E-state index contributed by atoms with van der Waals surface area (Å²) in [4.78, 5) is 15.1. The van der Waals surface area contributed by atoms with Crippen molar-refractivity contribution < 1.29 is 19.8 Å². The first-order valence-electron chi connectivity index (χ1n) is 6.13. The fourth-order valence-corrected chi connectivity index (χ4v) is 1.91. The van der Waals surface area contributed by atoms with Crippen LogP contribution in [0.3, 0.4) is 0 Å². The molecule has 6 nitrogen and oxygen atoms in total. The molecular weight excluding hydrogens is 291 g/mol. The summed E-state index contributed by atoms with van der Waals surface area (Å²) in [6.45, 7) is 1.86. The van der Waals surface area contributed by atoms with Crippen LogP contribution >= 0.6 is 9.24 Å². The minimum absolute atomic E-state index is 0.212. The Hall–Kier alpha value is -2.17. The van der Waals surface area contributed by atoms with E-state index < -0.39 is 5.91 Å². The minimum atomic E-state index is -0.862. The van der Waals surface area contributed by atoms with Crippen LogP contribution in [0.25, 0.3) is 0 Å². The number of carbonyl (C=O) groups excluding carboxylic acids is 1. The molecule has 0 bridgehead atoms. The van der Waals surface area contributed by atoms with Crippen molar-refractivity contribution in [3.8, 4) is 11.5 Å². The summed E-state index contributed by atoms with van der Waals surface area (Å²) in [5, 5.41) is 19.5. The number of hydrogen-bond acceptors (Lipinski definition) is 5. The lowest BCUT2D eigenvalue weighted by molar-refractivity contribution is 0.0697. The Labute approximate surface area is 124 Å². The Balaban J connectivity index is 2.16. The SMILES string of the molecule is Cc1c(COc2ccc(P)cc2)cnc(C(=O)NO)c1O. The quantitative estimate of drug-likeness (QED) is 0.450. The monoisotopic (exact) mass is 306 g/mol. The lowest BCUT2D eigenvalue weighted by atomic mass is 10.1. The van der Waals surface area contributed by atoms with Crippen molar-refractivity contribution in [1.82, 2.24) is 10.5 Å². The predicted molar refractivity (Wildman–Crippen MR) is 80.0 cm³/mol. The maximum Gasteiger partial charge on any atom is 0.297 e. The van der Waals surface area contributed by atoms with Gasteiger partial charge in [0.15, 0.2) is 5.69 Å². The summed E-state index contributed by atoms with van der Waals surface area (Å²) >= 11 is 0. The van der Waals surface area contributed by atoms with E-state index >= 15 is 0 Å². The molecule has 1 amide bonds. The third-order valence-corrected chi connectivity index (χ3v) is 3.39. The molecule has 1 aromatic carbocycles. The van der Waals surface area contributed by atoms with Crippen LogP contribution in [0, 0.1) is 6.92 Å². The second-order valence-electron chi connectivity index (χ2n) is 4.40. The molecule has 7 heteroatoms. The van der Waals surface area contributed by atoms with Gasteiger partial charge < -0.3 is 9.84 Å². The molecule has 0 radical (unpaired) electrons. The molecule has 110 valence electrons. The summed E-state index contributed by atoms with van der Waals surface area (Å²) in [5.74, 6) is -0.445. The molecule has 0 aliphatic rings. The van der Waals surface area contributed by atoms with Gasteiger partial charge in [-0.2, -0.15) is 0 Å². The zero-order valence-corrected chi connectivity index (χ0v) is 12.5. The van der Waals surface area contributed by atoms with Gasteiger partial charge in [-0.05, 0) is 24.4 Å². The number of aromatic hydroxyl groups is 1. The van der Waals surface area contributed by atoms with E-state index in [0.29, 0.717) is 16.9 Å². The van der Waals surface area contributed by atoms with E-state index in [0.717, 1.165) is 5.30 Å². The fraction of sp³-hybridized carbons (Fsp3) is 0.143. The van der Waals surface area contributed by atoms with Crippen LogP contribution in [-0.4, -0.2) is 21.2 Å². The van der Waals surface area contributed by atoms with Crippen molar-refractivity contribution in [2.75, 3.05) is 0 Å². The number of carbonyl (C=O) groups is 1. The summed E-state index contributed by atoms with van der Waals surface area (Å²) in [7, 11) is 2.59. The molecule has 0 saturated carbocycles. The first-order valence-corrected chi connectivity index (χ1v) is 6.71. The van der Waals surface area contributed by atoms with Gasteiger partial charge in [0.25, 0.3) is 5.91 Å². The number of hydroxylamine groups is 1. The number of benzene rings is 1. The lowest BCUT2D eigenvalue weighted by Crippen LogP contribution is -2.20. The highest BCUT2D eigenvalue weighted by Gasteiger charge is 2.16. The number of rotatable bonds is 4. The molecule has 1 atom stereocenters. The molecule has 1 aromatic heterocycles. The second kappa shape index (κ2) is 6.52. The van der Waals surface area contributed by atoms with E-state index in [1.54, 1.807) is 6.92 Å². The van der Waals surface area contributed by atoms with Gasteiger partial charge in [-0.1, -0.05) is 12.1 Å². The number of aromatic nitrogens is 1. The summed E-state index contributed by atoms with van der Waals surface area (Å²) in [6.07, 6.45) is 1.43. The van der Waals surface area contributed by atoms with Crippen molar-refractivity contribution in [3.63, 3.8) is 0 Å². The third-order valence-electron chi connectivity index (χ3n) is 3.00. The Bertz CT molecular complexity index is 659. The number of pyridine rings is 1. The lowest BCUT2D eigenvalue weighted by Gasteiger charge is -2.11. The zero-order valence-electron chi connectivity index (χ0n) is 11.3. The van der Waals surface area contributed by atoms with Crippen LogP contribution in [0.5, 0.6) is 11.5 Å². The Morgan fingerprint density at radius 1 is 1.38 bits per heavy atom. The number of nitrogens with one attached hydrogen (secondary N) is 1. The molecule has 0 saturated heterocycles. The highest BCUT2D eigenvalue weighted by molar-refractivity contribution is 7.27. The van der Waals surface area contributed by atoms with Gasteiger partial charge in [0, 0.05) is 17.3 Å².